The fraction of sp³-hybridized carbons (Fsp3) is 0.500. The monoisotopic (exact) mass is 437 g/mol. The van der Waals surface area contributed by atoms with Gasteiger partial charge in [0.05, 0.1) is 11.3 Å². The second-order valence-corrected chi connectivity index (χ2v) is 8.98. The SMILES string of the molecule is O=C(Nc1ccc2c(c1)COC2=O)c1cc([C@H]2CCCN(C(=O)C3CCCCC3)C2)no1. The van der Waals surface area contributed by atoms with Crippen molar-refractivity contribution in [3.63, 3.8) is 0 Å². The minimum Gasteiger partial charge on any atom is -0.457 e. The highest BCUT2D eigenvalue weighted by atomic mass is 16.5. The predicted molar refractivity (Wildman–Crippen MR) is 115 cm³/mol. The highest BCUT2D eigenvalue weighted by Crippen LogP contribution is 2.31. The van der Waals surface area contributed by atoms with Crippen LogP contribution < -0.4 is 5.32 Å². The summed E-state index contributed by atoms with van der Waals surface area (Å²) >= 11 is 0. The molecule has 2 aliphatic heterocycles. The van der Waals surface area contributed by atoms with Crippen molar-refractivity contribution in [3.05, 3.63) is 46.8 Å². The maximum atomic E-state index is 12.9. The Morgan fingerprint density at radius 1 is 1.06 bits per heavy atom. The van der Waals surface area contributed by atoms with E-state index in [1.54, 1.807) is 24.3 Å². The van der Waals surface area contributed by atoms with E-state index in [4.69, 9.17) is 9.26 Å². The second kappa shape index (κ2) is 8.76. The predicted octanol–water partition coefficient (Wildman–Crippen LogP) is 3.88. The average molecular weight is 437 g/mol. The number of likely N-dealkylation sites (tertiary alicyclic amines) is 1. The lowest BCUT2D eigenvalue weighted by Gasteiger charge is -2.35. The van der Waals surface area contributed by atoms with Crippen LogP contribution in [0.5, 0.6) is 0 Å². The molecule has 2 fully saturated rings. The normalized spacial score (nSPS) is 21.2. The van der Waals surface area contributed by atoms with Crippen LogP contribution in [0.1, 0.15) is 83.0 Å². The largest absolute Gasteiger partial charge is 0.457 e. The van der Waals surface area contributed by atoms with Gasteiger partial charge in [-0.3, -0.25) is 9.59 Å². The van der Waals surface area contributed by atoms with E-state index in [2.05, 4.69) is 10.5 Å². The Kier molecular flexibility index (Phi) is 5.68. The summed E-state index contributed by atoms with van der Waals surface area (Å²) in [4.78, 5) is 39.1. The van der Waals surface area contributed by atoms with Gasteiger partial charge in [-0.15, -0.1) is 0 Å². The van der Waals surface area contributed by atoms with Gasteiger partial charge in [0.2, 0.25) is 11.7 Å². The summed E-state index contributed by atoms with van der Waals surface area (Å²) < 4.78 is 10.3. The molecule has 0 spiro atoms. The highest BCUT2D eigenvalue weighted by Gasteiger charge is 2.32. The number of carbonyl (C=O) groups is 3. The van der Waals surface area contributed by atoms with Gasteiger partial charge in [0.15, 0.2) is 0 Å². The lowest BCUT2D eigenvalue weighted by atomic mass is 9.87. The Bertz CT molecular complexity index is 1040. The third-order valence-corrected chi connectivity index (χ3v) is 6.80. The summed E-state index contributed by atoms with van der Waals surface area (Å²) in [5.74, 6) is -0.112. The fourth-order valence-corrected chi connectivity index (χ4v) is 5.02. The van der Waals surface area contributed by atoms with Gasteiger partial charge in [0, 0.05) is 42.2 Å². The first-order valence-corrected chi connectivity index (χ1v) is 11.5. The van der Waals surface area contributed by atoms with Gasteiger partial charge in [-0.25, -0.2) is 4.79 Å². The molecule has 0 unspecified atom stereocenters. The van der Waals surface area contributed by atoms with Crippen molar-refractivity contribution in [3.8, 4) is 0 Å². The summed E-state index contributed by atoms with van der Waals surface area (Å²) in [6.45, 7) is 1.63. The van der Waals surface area contributed by atoms with Crippen molar-refractivity contribution in [2.45, 2.75) is 57.5 Å². The van der Waals surface area contributed by atoms with Crippen LogP contribution in [0.4, 0.5) is 5.69 Å². The van der Waals surface area contributed by atoms with E-state index >= 15 is 0 Å². The molecule has 1 N–H and O–H groups in total. The van der Waals surface area contributed by atoms with Crippen molar-refractivity contribution in [2.24, 2.45) is 5.92 Å². The lowest BCUT2D eigenvalue weighted by Crippen LogP contribution is -2.42. The maximum absolute atomic E-state index is 12.9. The molecule has 2 aromatic rings. The van der Waals surface area contributed by atoms with E-state index in [1.807, 2.05) is 4.90 Å². The Morgan fingerprint density at radius 3 is 2.75 bits per heavy atom. The summed E-state index contributed by atoms with van der Waals surface area (Å²) in [6.07, 6.45) is 7.35. The van der Waals surface area contributed by atoms with Crippen LogP contribution >= 0.6 is 0 Å². The number of nitrogens with zero attached hydrogens (tertiary/aromatic N) is 2. The van der Waals surface area contributed by atoms with Gasteiger partial charge in [0.25, 0.3) is 5.91 Å². The van der Waals surface area contributed by atoms with Crippen LogP contribution in [0.25, 0.3) is 0 Å². The second-order valence-electron chi connectivity index (χ2n) is 8.98. The van der Waals surface area contributed by atoms with E-state index in [9.17, 15) is 14.4 Å². The molecule has 8 heteroatoms. The Morgan fingerprint density at radius 2 is 1.91 bits per heavy atom. The minimum atomic E-state index is -0.403. The number of ether oxygens (including phenoxy) is 1. The third kappa shape index (κ3) is 4.13. The number of hydrogen-bond acceptors (Lipinski definition) is 6. The van der Waals surface area contributed by atoms with E-state index in [0.717, 1.165) is 50.6 Å². The van der Waals surface area contributed by atoms with Crippen molar-refractivity contribution >= 4 is 23.5 Å². The van der Waals surface area contributed by atoms with Gasteiger partial charge in [-0.05, 0) is 43.9 Å². The molecule has 1 saturated carbocycles. The molecule has 1 saturated heterocycles. The van der Waals surface area contributed by atoms with Gasteiger partial charge >= 0.3 is 5.97 Å². The number of hydrogen-bond donors (Lipinski definition) is 1. The van der Waals surface area contributed by atoms with E-state index in [-0.39, 0.29) is 36.1 Å². The zero-order valence-corrected chi connectivity index (χ0v) is 18.0. The number of nitrogens with one attached hydrogen (secondary N) is 1. The van der Waals surface area contributed by atoms with Gasteiger partial charge in [-0.2, -0.15) is 0 Å². The van der Waals surface area contributed by atoms with Crippen molar-refractivity contribution in [1.29, 1.82) is 0 Å². The molecule has 5 rings (SSSR count). The molecular weight excluding hydrogens is 410 g/mol. The summed E-state index contributed by atoms with van der Waals surface area (Å²) in [6, 6.07) is 6.71. The van der Waals surface area contributed by atoms with Crippen molar-refractivity contribution in [2.75, 3.05) is 18.4 Å². The number of benzene rings is 1. The average Bonchev–Trinajstić information content (AvgIpc) is 3.47. The summed E-state index contributed by atoms with van der Waals surface area (Å²) in [5.41, 5.74) is 2.54. The smallest absolute Gasteiger partial charge is 0.338 e. The number of piperidine rings is 1. The number of aromatic nitrogens is 1. The maximum Gasteiger partial charge on any atom is 0.338 e. The molecule has 1 aromatic carbocycles. The Hall–Kier alpha value is -3.16. The van der Waals surface area contributed by atoms with Crippen LogP contribution in [0, 0.1) is 5.92 Å². The van der Waals surface area contributed by atoms with E-state index < -0.39 is 5.91 Å². The minimum absolute atomic E-state index is 0.0738. The number of fused-ring (bicyclic) bond motifs is 1. The molecular formula is C24H27N3O5. The molecule has 8 nitrogen and oxygen atoms in total. The number of anilines is 1. The van der Waals surface area contributed by atoms with Gasteiger partial charge in [-0.1, -0.05) is 24.4 Å². The molecule has 3 aliphatic rings. The van der Waals surface area contributed by atoms with Crippen LogP contribution in [0.3, 0.4) is 0 Å². The molecule has 0 radical (unpaired) electrons. The molecule has 32 heavy (non-hydrogen) atoms. The van der Waals surface area contributed by atoms with Crippen LogP contribution in [-0.4, -0.2) is 40.9 Å². The fourth-order valence-electron chi connectivity index (χ4n) is 5.02. The Labute approximate surface area is 186 Å². The first-order chi connectivity index (χ1) is 15.6. The summed E-state index contributed by atoms with van der Waals surface area (Å²) in [5, 5.41) is 6.92. The molecule has 0 bridgehead atoms. The van der Waals surface area contributed by atoms with Gasteiger partial charge in [0.1, 0.15) is 6.61 Å². The molecule has 3 heterocycles. The Balaban J connectivity index is 1.22. The van der Waals surface area contributed by atoms with E-state index in [1.165, 1.54) is 6.42 Å². The van der Waals surface area contributed by atoms with Crippen molar-refractivity contribution < 1.29 is 23.6 Å². The van der Waals surface area contributed by atoms with E-state index in [0.29, 0.717) is 23.5 Å². The first kappa shape index (κ1) is 20.7. The molecule has 168 valence electrons. The van der Waals surface area contributed by atoms with Crippen LogP contribution in [-0.2, 0) is 16.1 Å². The third-order valence-electron chi connectivity index (χ3n) is 6.80. The number of cyclic esters (lactones) is 1. The lowest BCUT2D eigenvalue weighted by molar-refractivity contribution is -0.137. The van der Waals surface area contributed by atoms with Crippen LogP contribution in [0.2, 0.25) is 0 Å². The van der Waals surface area contributed by atoms with Crippen LogP contribution in [0.15, 0.2) is 28.8 Å². The number of carbonyl (C=O) groups excluding carboxylic acids is 3. The summed E-state index contributed by atoms with van der Waals surface area (Å²) in [7, 11) is 0. The quantitative estimate of drug-likeness (QED) is 0.729. The number of esters is 1. The zero-order valence-electron chi connectivity index (χ0n) is 18.0. The molecule has 2 amide bonds. The van der Waals surface area contributed by atoms with Crippen molar-refractivity contribution in [1.82, 2.24) is 10.1 Å². The molecule has 1 aromatic heterocycles. The number of rotatable bonds is 4. The molecule has 1 aliphatic carbocycles. The first-order valence-electron chi connectivity index (χ1n) is 11.5. The number of amides is 2. The standard InChI is InChI=1S/C24H27N3O5/c28-22(25-18-8-9-19-17(11-18)14-31-24(19)30)21-12-20(26-32-21)16-7-4-10-27(13-16)23(29)15-5-2-1-3-6-15/h8-9,11-12,15-16H,1-7,10,13-14H2,(H,25,28)/t16-/m0/s1. The highest BCUT2D eigenvalue weighted by molar-refractivity contribution is 6.03. The topological polar surface area (TPSA) is 102 Å². The molecule has 1 atom stereocenters. The zero-order chi connectivity index (χ0) is 22.1. The van der Waals surface area contributed by atoms with Gasteiger partial charge < -0.3 is 19.5 Å².